The summed E-state index contributed by atoms with van der Waals surface area (Å²) in [5.74, 6) is 0.448. The second-order valence-corrected chi connectivity index (χ2v) is 4.52. The van der Waals surface area contributed by atoms with Gasteiger partial charge in [0.25, 0.3) is 0 Å². The fourth-order valence-electron chi connectivity index (χ4n) is 1.24. The van der Waals surface area contributed by atoms with Crippen LogP contribution in [0.3, 0.4) is 0 Å². The molecule has 0 aromatic heterocycles. The summed E-state index contributed by atoms with van der Waals surface area (Å²) < 4.78 is 21.1. The summed E-state index contributed by atoms with van der Waals surface area (Å²) in [6, 6.07) is 16.4. The average Bonchev–Trinajstić information content (AvgIpc) is 2.30. The Balaban J connectivity index is 0.00000162. The summed E-state index contributed by atoms with van der Waals surface area (Å²) in [7, 11) is -4.39. The van der Waals surface area contributed by atoms with Gasteiger partial charge in [-0.25, -0.2) is 4.57 Å². The van der Waals surface area contributed by atoms with Crippen LogP contribution in [0.1, 0.15) is 0 Å². The maximum atomic E-state index is 11.6. The Labute approximate surface area is 148 Å². The zero-order valence-electron chi connectivity index (χ0n) is 9.85. The number of benzene rings is 2. The number of phosphoric acid groups is 1. The maximum absolute atomic E-state index is 11.6. The van der Waals surface area contributed by atoms with Gasteiger partial charge in [-0.3, -0.25) is 0 Å². The largest absolute Gasteiger partial charge is 1.00 e. The van der Waals surface area contributed by atoms with E-state index in [4.69, 9.17) is 9.05 Å². The molecule has 0 saturated carbocycles. The van der Waals surface area contributed by atoms with Crippen molar-refractivity contribution >= 4 is 7.82 Å². The monoisotopic (exact) mass is 288 g/mol. The topological polar surface area (TPSA) is 58.6 Å². The van der Waals surface area contributed by atoms with Crippen LogP contribution in [0.15, 0.2) is 60.7 Å². The van der Waals surface area contributed by atoms with Gasteiger partial charge in [0.1, 0.15) is 11.5 Å². The Morgan fingerprint density at radius 2 is 1.11 bits per heavy atom. The van der Waals surface area contributed by atoms with E-state index in [9.17, 15) is 9.46 Å². The molecule has 0 bridgehead atoms. The molecule has 0 fully saturated rings. The molecule has 0 aliphatic heterocycles. The first-order valence-electron chi connectivity index (χ1n) is 4.96. The van der Waals surface area contributed by atoms with Crippen LogP contribution in [0.2, 0.25) is 0 Å². The van der Waals surface area contributed by atoms with Crippen molar-refractivity contribution in [2.45, 2.75) is 0 Å². The second kappa shape index (κ2) is 7.45. The van der Waals surface area contributed by atoms with E-state index in [1.807, 2.05) is 0 Å². The van der Waals surface area contributed by atoms with Gasteiger partial charge in [0.15, 0.2) is 0 Å². The van der Waals surface area contributed by atoms with E-state index < -0.39 is 7.82 Å². The van der Waals surface area contributed by atoms with Crippen LogP contribution in [0.25, 0.3) is 0 Å². The standard InChI is InChI=1S/C12H11O4P.K/c13-17(14,15-11-7-3-1-4-8-11)16-12-9-5-2-6-10-12;/h1-10H,(H,13,14);/q;+1/p-1. The molecular weight excluding hydrogens is 278 g/mol. The first-order valence-corrected chi connectivity index (χ1v) is 6.42. The van der Waals surface area contributed by atoms with E-state index in [-0.39, 0.29) is 62.9 Å². The van der Waals surface area contributed by atoms with Gasteiger partial charge in [0.2, 0.25) is 0 Å². The van der Waals surface area contributed by atoms with Gasteiger partial charge in [-0.1, -0.05) is 36.4 Å². The van der Waals surface area contributed by atoms with Crippen LogP contribution in [0, 0.1) is 0 Å². The van der Waals surface area contributed by atoms with Crippen molar-refractivity contribution in [1.29, 1.82) is 0 Å². The Kier molecular flexibility index (Phi) is 6.59. The average molecular weight is 288 g/mol. The number of rotatable bonds is 4. The van der Waals surface area contributed by atoms with Crippen molar-refractivity contribution in [3.8, 4) is 11.5 Å². The molecule has 6 heteroatoms. The molecule has 0 heterocycles. The fraction of sp³-hybridized carbons (Fsp3) is 0. The molecule has 0 aliphatic carbocycles. The van der Waals surface area contributed by atoms with Crippen LogP contribution in [-0.4, -0.2) is 0 Å². The smallest absolute Gasteiger partial charge is 0.736 e. The molecule has 0 unspecified atom stereocenters. The Hall–Kier alpha value is -0.134. The van der Waals surface area contributed by atoms with Gasteiger partial charge >= 0.3 is 59.2 Å². The third-order valence-electron chi connectivity index (χ3n) is 1.92. The Morgan fingerprint density at radius 1 is 0.778 bits per heavy atom. The third kappa shape index (κ3) is 5.24. The van der Waals surface area contributed by atoms with Gasteiger partial charge < -0.3 is 13.9 Å². The normalized spacial score (nSPS) is 10.3. The maximum Gasteiger partial charge on any atom is 1.00 e. The van der Waals surface area contributed by atoms with Gasteiger partial charge in [0.05, 0.1) is 0 Å². The SMILES string of the molecule is O=P([O-])(Oc1ccccc1)Oc1ccccc1.[K+]. The van der Waals surface area contributed by atoms with Gasteiger partial charge in [0, 0.05) is 0 Å². The minimum absolute atomic E-state index is 0. The third-order valence-corrected chi connectivity index (χ3v) is 2.79. The van der Waals surface area contributed by atoms with E-state index in [0.29, 0.717) is 0 Å². The molecule has 0 saturated heterocycles. The second-order valence-electron chi connectivity index (χ2n) is 3.26. The molecular formula is C12H10KO4P. The summed E-state index contributed by atoms with van der Waals surface area (Å²) in [5, 5.41) is 0. The van der Waals surface area contributed by atoms with Crippen molar-refractivity contribution in [3.05, 3.63) is 60.7 Å². The molecule has 2 rings (SSSR count). The number of phosphoric ester groups is 1. The molecule has 2 aromatic rings. The van der Waals surface area contributed by atoms with Crippen LogP contribution in [0.5, 0.6) is 11.5 Å². The van der Waals surface area contributed by atoms with E-state index in [2.05, 4.69) is 0 Å². The minimum Gasteiger partial charge on any atom is -0.736 e. The van der Waals surface area contributed by atoms with Gasteiger partial charge in [-0.2, -0.15) is 0 Å². The van der Waals surface area contributed by atoms with E-state index in [0.717, 1.165) is 0 Å². The minimum atomic E-state index is -4.39. The summed E-state index contributed by atoms with van der Waals surface area (Å²) in [5.41, 5.74) is 0. The van der Waals surface area contributed by atoms with Crippen molar-refractivity contribution in [1.82, 2.24) is 0 Å². The molecule has 0 atom stereocenters. The van der Waals surface area contributed by atoms with Crippen LogP contribution >= 0.6 is 7.82 Å². The van der Waals surface area contributed by atoms with Crippen molar-refractivity contribution in [3.63, 3.8) is 0 Å². The molecule has 0 aliphatic rings. The predicted molar refractivity (Wildman–Crippen MR) is 61.7 cm³/mol. The summed E-state index contributed by atoms with van der Waals surface area (Å²) >= 11 is 0. The van der Waals surface area contributed by atoms with Crippen molar-refractivity contribution < 1.29 is 69.9 Å². The van der Waals surface area contributed by atoms with Crippen molar-refractivity contribution in [2.24, 2.45) is 0 Å². The Bertz CT molecular complexity index is 473. The zero-order valence-corrected chi connectivity index (χ0v) is 13.9. The zero-order chi connectivity index (χ0) is 12.1. The van der Waals surface area contributed by atoms with Gasteiger partial charge in [-0.15, -0.1) is 0 Å². The summed E-state index contributed by atoms with van der Waals surface area (Å²) in [6.45, 7) is 0. The van der Waals surface area contributed by atoms with E-state index >= 15 is 0 Å². The molecule has 0 N–H and O–H groups in total. The van der Waals surface area contributed by atoms with E-state index in [1.165, 1.54) is 0 Å². The van der Waals surface area contributed by atoms with Crippen LogP contribution < -0.4 is 65.3 Å². The van der Waals surface area contributed by atoms with Gasteiger partial charge in [-0.05, 0) is 24.3 Å². The first kappa shape index (κ1) is 15.9. The molecule has 0 radical (unpaired) electrons. The quantitative estimate of drug-likeness (QED) is 0.568. The molecule has 88 valence electrons. The van der Waals surface area contributed by atoms with E-state index in [1.54, 1.807) is 60.7 Å². The molecule has 4 nitrogen and oxygen atoms in total. The number of para-hydroxylation sites is 2. The predicted octanol–water partition coefficient (Wildman–Crippen LogP) is -0.383. The first-order chi connectivity index (χ1) is 8.16. The molecule has 0 spiro atoms. The number of hydrogen-bond donors (Lipinski definition) is 0. The Morgan fingerprint density at radius 3 is 1.44 bits per heavy atom. The van der Waals surface area contributed by atoms with Crippen molar-refractivity contribution in [2.75, 3.05) is 0 Å². The summed E-state index contributed by atoms with van der Waals surface area (Å²) in [6.07, 6.45) is 0. The molecule has 0 amide bonds. The number of hydrogen-bond acceptors (Lipinski definition) is 4. The fourth-order valence-corrected chi connectivity index (χ4v) is 2.04. The van der Waals surface area contributed by atoms with Crippen LogP contribution in [0.4, 0.5) is 0 Å². The summed E-state index contributed by atoms with van der Waals surface area (Å²) in [4.78, 5) is 11.6. The molecule has 18 heavy (non-hydrogen) atoms. The molecule has 2 aromatic carbocycles. The van der Waals surface area contributed by atoms with Crippen LogP contribution in [-0.2, 0) is 4.57 Å².